The van der Waals surface area contributed by atoms with Crippen molar-refractivity contribution in [3.05, 3.63) is 66.2 Å². The van der Waals surface area contributed by atoms with Gasteiger partial charge >= 0.3 is 6.03 Å². The van der Waals surface area contributed by atoms with E-state index < -0.39 is 0 Å². The molecule has 1 N–H and O–H groups in total. The quantitative estimate of drug-likeness (QED) is 0.876. The molecular weight excluding hydrogens is 238 g/mol. The van der Waals surface area contributed by atoms with Crippen LogP contribution in [-0.2, 0) is 0 Å². The lowest BCUT2D eigenvalue weighted by molar-refractivity contribution is 0.247. The predicted octanol–water partition coefficient (Wildman–Crippen LogP) is 2.62. The molecule has 2 aromatic rings. The fraction of sp³-hybridized carbons (Fsp3) is 0.0667. The number of carbonyl (C=O) groups is 1. The number of rotatable bonds is 2. The van der Waals surface area contributed by atoms with E-state index in [2.05, 4.69) is 10.4 Å². The second kappa shape index (κ2) is 4.94. The smallest absolute Gasteiger partial charge is 0.330 e. The highest BCUT2D eigenvalue weighted by atomic mass is 16.2. The van der Waals surface area contributed by atoms with E-state index in [-0.39, 0.29) is 6.03 Å². The normalized spacial score (nSPS) is 14.8. The number of nitrogens with zero attached hydrogens (tertiary/aromatic N) is 2. The zero-order valence-electron chi connectivity index (χ0n) is 10.3. The Morgan fingerprint density at radius 1 is 0.947 bits per heavy atom. The van der Waals surface area contributed by atoms with Gasteiger partial charge in [-0.15, -0.1) is 0 Å². The van der Waals surface area contributed by atoms with Crippen LogP contribution in [0.2, 0.25) is 0 Å². The second-order valence-electron chi connectivity index (χ2n) is 4.22. The third-order valence-corrected chi connectivity index (χ3v) is 2.93. The summed E-state index contributed by atoms with van der Waals surface area (Å²) in [6.45, 7) is 0.451. The number of hydrogen-bond donors (Lipinski definition) is 1. The van der Waals surface area contributed by atoms with Crippen LogP contribution in [0.25, 0.3) is 0 Å². The summed E-state index contributed by atoms with van der Waals surface area (Å²) in [4.78, 5) is 11.9. The Bertz CT molecular complexity index is 608. The van der Waals surface area contributed by atoms with Crippen LogP contribution >= 0.6 is 0 Å². The first kappa shape index (κ1) is 11.5. The second-order valence-corrected chi connectivity index (χ2v) is 4.22. The molecule has 0 aliphatic carbocycles. The topological polar surface area (TPSA) is 44.7 Å². The molecule has 0 aromatic heterocycles. The van der Waals surface area contributed by atoms with E-state index in [9.17, 15) is 4.79 Å². The van der Waals surface area contributed by atoms with Gasteiger partial charge < -0.3 is 5.32 Å². The maximum absolute atomic E-state index is 11.9. The highest BCUT2D eigenvalue weighted by molar-refractivity contribution is 6.09. The van der Waals surface area contributed by atoms with Crippen molar-refractivity contribution in [2.24, 2.45) is 5.10 Å². The van der Waals surface area contributed by atoms with Gasteiger partial charge in [0.15, 0.2) is 0 Å². The van der Waals surface area contributed by atoms with Crippen LogP contribution < -0.4 is 10.3 Å². The maximum atomic E-state index is 11.9. The molecule has 0 spiro atoms. The molecule has 94 valence electrons. The van der Waals surface area contributed by atoms with Crippen molar-refractivity contribution in [3.63, 3.8) is 0 Å². The van der Waals surface area contributed by atoms with Crippen LogP contribution in [0.3, 0.4) is 0 Å². The van der Waals surface area contributed by atoms with E-state index in [4.69, 9.17) is 0 Å². The Morgan fingerprint density at radius 3 is 2.26 bits per heavy atom. The first-order valence-corrected chi connectivity index (χ1v) is 6.10. The van der Waals surface area contributed by atoms with Gasteiger partial charge in [-0.3, -0.25) is 0 Å². The van der Waals surface area contributed by atoms with Crippen LogP contribution in [-0.4, -0.2) is 18.3 Å². The van der Waals surface area contributed by atoms with Crippen LogP contribution in [0.4, 0.5) is 10.5 Å². The molecule has 1 aliphatic rings. The number of hydrazone groups is 1. The average molecular weight is 251 g/mol. The Kier molecular flexibility index (Phi) is 2.98. The molecule has 2 amide bonds. The summed E-state index contributed by atoms with van der Waals surface area (Å²) in [5, 5.41) is 8.67. The molecule has 0 fully saturated rings. The van der Waals surface area contributed by atoms with Gasteiger partial charge in [0.05, 0.1) is 17.9 Å². The third kappa shape index (κ3) is 2.33. The van der Waals surface area contributed by atoms with Gasteiger partial charge in [-0.05, 0) is 17.7 Å². The molecule has 0 saturated carbocycles. The third-order valence-electron chi connectivity index (χ3n) is 2.93. The van der Waals surface area contributed by atoms with Crippen molar-refractivity contribution in [1.82, 2.24) is 5.32 Å². The number of anilines is 1. The van der Waals surface area contributed by atoms with Crippen LogP contribution in [0, 0.1) is 0 Å². The van der Waals surface area contributed by atoms with Crippen molar-refractivity contribution in [1.29, 1.82) is 0 Å². The number of urea groups is 1. The molecule has 0 bridgehead atoms. The lowest BCUT2D eigenvalue weighted by Gasteiger charge is -2.24. The van der Waals surface area contributed by atoms with Crippen molar-refractivity contribution in [2.75, 3.05) is 11.6 Å². The molecule has 4 nitrogen and oxygen atoms in total. The van der Waals surface area contributed by atoms with E-state index in [0.29, 0.717) is 6.54 Å². The van der Waals surface area contributed by atoms with E-state index in [0.717, 1.165) is 17.0 Å². The van der Waals surface area contributed by atoms with E-state index in [1.165, 1.54) is 5.01 Å². The van der Waals surface area contributed by atoms with Gasteiger partial charge in [-0.25, -0.2) is 4.79 Å². The monoisotopic (exact) mass is 251 g/mol. The molecule has 2 aromatic carbocycles. The molecular formula is C15H13N3O. The molecule has 0 saturated heterocycles. The molecule has 4 heteroatoms. The van der Waals surface area contributed by atoms with Crippen molar-refractivity contribution >= 4 is 17.4 Å². The van der Waals surface area contributed by atoms with Gasteiger partial charge in [-0.1, -0.05) is 48.5 Å². The molecule has 1 aliphatic heterocycles. The Hall–Kier alpha value is -2.62. The summed E-state index contributed by atoms with van der Waals surface area (Å²) in [6, 6.07) is 19.0. The number of amides is 2. The van der Waals surface area contributed by atoms with Gasteiger partial charge in [0.25, 0.3) is 0 Å². The minimum absolute atomic E-state index is 0.203. The Morgan fingerprint density at radius 2 is 1.58 bits per heavy atom. The number of carbonyl (C=O) groups excluding carboxylic acids is 1. The highest BCUT2D eigenvalue weighted by Crippen LogP contribution is 2.17. The molecule has 0 radical (unpaired) electrons. The van der Waals surface area contributed by atoms with Gasteiger partial charge in [-0.2, -0.15) is 10.1 Å². The average Bonchev–Trinajstić information content (AvgIpc) is 2.49. The summed E-state index contributed by atoms with van der Waals surface area (Å²) in [6.07, 6.45) is 0. The lowest BCUT2D eigenvalue weighted by atomic mass is 10.1. The van der Waals surface area contributed by atoms with Crippen molar-refractivity contribution < 1.29 is 4.79 Å². The maximum Gasteiger partial charge on any atom is 0.342 e. The molecule has 0 unspecified atom stereocenters. The largest absolute Gasteiger partial charge is 0.342 e. The van der Waals surface area contributed by atoms with Crippen LogP contribution in [0.5, 0.6) is 0 Å². The SMILES string of the molecule is O=C1NCC(c2ccccc2)=NN1c1ccccc1. The fourth-order valence-corrected chi connectivity index (χ4v) is 1.97. The Balaban J connectivity index is 1.98. The summed E-state index contributed by atoms with van der Waals surface area (Å²) in [5.41, 5.74) is 2.63. The fourth-order valence-electron chi connectivity index (χ4n) is 1.97. The van der Waals surface area contributed by atoms with Gasteiger partial charge in [0.2, 0.25) is 0 Å². The summed E-state index contributed by atoms with van der Waals surface area (Å²) in [5.74, 6) is 0. The molecule has 0 atom stereocenters. The molecule has 1 heterocycles. The van der Waals surface area contributed by atoms with E-state index >= 15 is 0 Å². The minimum atomic E-state index is -0.203. The van der Waals surface area contributed by atoms with Crippen molar-refractivity contribution in [3.8, 4) is 0 Å². The lowest BCUT2D eigenvalue weighted by Crippen LogP contribution is -2.45. The Labute approximate surface area is 111 Å². The van der Waals surface area contributed by atoms with Crippen LogP contribution in [0.15, 0.2) is 65.8 Å². The van der Waals surface area contributed by atoms with Crippen molar-refractivity contribution in [2.45, 2.75) is 0 Å². The van der Waals surface area contributed by atoms with Gasteiger partial charge in [0.1, 0.15) is 0 Å². The summed E-state index contributed by atoms with van der Waals surface area (Å²) < 4.78 is 0. The number of nitrogens with one attached hydrogen (secondary N) is 1. The zero-order valence-corrected chi connectivity index (χ0v) is 10.3. The predicted molar refractivity (Wildman–Crippen MR) is 75.3 cm³/mol. The number of benzene rings is 2. The minimum Gasteiger partial charge on any atom is -0.330 e. The first-order chi connectivity index (χ1) is 9.34. The first-order valence-electron chi connectivity index (χ1n) is 6.10. The summed E-state index contributed by atoms with van der Waals surface area (Å²) in [7, 11) is 0. The van der Waals surface area contributed by atoms with Gasteiger partial charge in [0, 0.05) is 0 Å². The van der Waals surface area contributed by atoms with E-state index in [1.54, 1.807) is 0 Å². The van der Waals surface area contributed by atoms with Crippen LogP contribution in [0.1, 0.15) is 5.56 Å². The molecule has 19 heavy (non-hydrogen) atoms. The zero-order chi connectivity index (χ0) is 13.1. The number of para-hydroxylation sites is 1. The summed E-state index contributed by atoms with van der Waals surface area (Å²) >= 11 is 0. The van der Waals surface area contributed by atoms with E-state index in [1.807, 2.05) is 60.7 Å². The highest BCUT2D eigenvalue weighted by Gasteiger charge is 2.21. The molecule has 3 rings (SSSR count). The number of hydrogen-bond acceptors (Lipinski definition) is 2. The standard InChI is InChI=1S/C15H13N3O/c19-15-16-11-14(12-7-3-1-4-8-12)17-18(15)13-9-5-2-6-10-13/h1-10H,11H2,(H,16,19).